The van der Waals surface area contributed by atoms with Gasteiger partial charge >= 0.3 is 0 Å². The van der Waals surface area contributed by atoms with E-state index in [-0.39, 0.29) is 0 Å². The van der Waals surface area contributed by atoms with Gasteiger partial charge in [-0.05, 0) is 46.2 Å². The molecule has 0 atom stereocenters. The molecule has 0 fully saturated rings. The second-order valence-corrected chi connectivity index (χ2v) is 5.98. The fourth-order valence-corrected chi connectivity index (χ4v) is 3.04. The fourth-order valence-electron chi connectivity index (χ4n) is 1.74. The zero-order valence-corrected chi connectivity index (χ0v) is 14.3. The minimum Gasteiger partial charge on any atom is -0.311 e. The third-order valence-electron chi connectivity index (χ3n) is 2.78. The Balaban J connectivity index is 2.34. The zero-order chi connectivity index (χ0) is 12.7. The lowest BCUT2D eigenvalue weighted by Gasteiger charge is -2.05. The van der Waals surface area contributed by atoms with Crippen LogP contribution in [0.15, 0.2) is 4.47 Å². The van der Waals surface area contributed by atoms with Gasteiger partial charge in [0.1, 0.15) is 0 Å². The van der Waals surface area contributed by atoms with Crippen molar-refractivity contribution >= 4 is 38.5 Å². The number of hydrogen-bond donors (Lipinski definition) is 1. The van der Waals surface area contributed by atoms with E-state index in [1.165, 1.54) is 33.9 Å². The summed E-state index contributed by atoms with van der Waals surface area (Å²) in [6, 6.07) is 0. The van der Waals surface area contributed by atoms with Gasteiger partial charge < -0.3 is 5.32 Å². The quantitative estimate of drug-likeness (QED) is 0.402. The third-order valence-corrected chi connectivity index (χ3v) is 4.46. The van der Waals surface area contributed by atoms with Gasteiger partial charge in [-0.2, -0.15) is 5.10 Å². The van der Waals surface area contributed by atoms with Crippen LogP contribution in [0.5, 0.6) is 0 Å². The summed E-state index contributed by atoms with van der Waals surface area (Å²) in [5, 5.41) is 7.97. The van der Waals surface area contributed by atoms with E-state index < -0.39 is 0 Å². The van der Waals surface area contributed by atoms with Gasteiger partial charge in [-0.15, -0.1) is 0 Å². The monoisotopic (exact) mass is 413 g/mol. The highest BCUT2D eigenvalue weighted by atomic mass is 127. The largest absolute Gasteiger partial charge is 0.311 e. The number of halogens is 2. The summed E-state index contributed by atoms with van der Waals surface area (Å²) < 4.78 is 4.41. The Kier molecular flexibility index (Phi) is 7.70. The Hall–Kier alpha value is 0.380. The van der Waals surface area contributed by atoms with Gasteiger partial charge in [-0.1, -0.05) is 35.9 Å². The molecule has 1 aromatic rings. The highest BCUT2D eigenvalue weighted by Gasteiger charge is 2.11. The van der Waals surface area contributed by atoms with Gasteiger partial charge in [0.05, 0.1) is 15.9 Å². The van der Waals surface area contributed by atoms with Crippen molar-refractivity contribution in [3.63, 3.8) is 0 Å². The molecule has 17 heavy (non-hydrogen) atoms. The van der Waals surface area contributed by atoms with Crippen molar-refractivity contribution in [1.29, 1.82) is 0 Å². The normalized spacial score (nSPS) is 11.1. The highest BCUT2D eigenvalue weighted by molar-refractivity contribution is 14.1. The number of rotatable bonds is 8. The molecule has 98 valence electrons. The molecule has 0 radical (unpaired) electrons. The van der Waals surface area contributed by atoms with Gasteiger partial charge in [-0.25, -0.2) is 0 Å². The van der Waals surface area contributed by atoms with Crippen LogP contribution in [0.1, 0.15) is 37.6 Å². The number of hydrogen-bond acceptors (Lipinski definition) is 2. The molecule has 0 aromatic carbocycles. The van der Waals surface area contributed by atoms with Crippen molar-refractivity contribution in [3.05, 3.63) is 15.9 Å². The summed E-state index contributed by atoms with van der Waals surface area (Å²) in [6.07, 6.45) is 4.89. The number of aromatic nitrogens is 2. The zero-order valence-electron chi connectivity index (χ0n) is 10.6. The summed E-state index contributed by atoms with van der Waals surface area (Å²) in [7, 11) is 2.01. The summed E-state index contributed by atoms with van der Waals surface area (Å²) >= 11 is 6.07. The van der Waals surface area contributed by atoms with Crippen LogP contribution in [0.3, 0.4) is 0 Å². The van der Waals surface area contributed by atoms with Gasteiger partial charge in [0.15, 0.2) is 0 Å². The number of nitrogens with one attached hydrogen (secondary N) is 1. The van der Waals surface area contributed by atoms with Crippen molar-refractivity contribution in [1.82, 2.24) is 15.1 Å². The average Bonchev–Trinajstić information content (AvgIpc) is 2.60. The highest BCUT2D eigenvalue weighted by Crippen LogP contribution is 2.21. The molecule has 0 aliphatic rings. The van der Waals surface area contributed by atoms with E-state index in [0.717, 1.165) is 25.2 Å². The molecule has 0 spiro atoms. The second kappa shape index (κ2) is 8.48. The summed E-state index contributed by atoms with van der Waals surface area (Å²) in [4.78, 5) is 0. The molecule has 0 bridgehead atoms. The second-order valence-electron chi connectivity index (χ2n) is 4.11. The van der Waals surface area contributed by atoms with Crippen molar-refractivity contribution in [3.8, 4) is 0 Å². The molecular weight excluding hydrogens is 393 g/mol. The molecule has 0 unspecified atom stereocenters. The first-order valence-corrected chi connectivity index (χ1v) is 8.49. The van der Waals surface area contributed by atoms with Crippen LogP contribution in [0.2, 0.25) is 0 Å². The van der Waals surface area contributed by atoms with Crippen molar-refractivity contribution in [2.45, 2.75) is 39.2 Å². The predicted molar refractivity (Wildman–Crippen MR) is 84.7 cm³/mol. The van der Waals surface area contributed by atoms with E-state index >= 15 is 0 Å². The SMILES string of the molecule is CCc1nn(C)c(CNCCCCCI)c1Br. The van der Waals surface area contributed by atoms with E-state index in [2.05, 4.69) is 55.9 Å². The number of aryl methyl sites for hydroxylation is 2. The molecule has 0 aliphatic heterocycles. The lowest BCUT2D eigenvalue weighted by atomic mass is 10.2. The Bertz CT molecular complexity index is 339. The van der Waals surface area contributed by atoms with Crippen LogP contribution >= 0.6 is 38.5 Å². The summed E-state index contributed by atoms with van der Waals surface area (Å²) in [5.41, 5.74) is 2.39. The molecule has 1 rings (SSSR count). The first-order chi connectivity index (χ1) is 8.20. The Labute approximate surface area is 126 Å². The Morgan fingerprint density at radius 3 is 2.71 bits per heavy atom. The van der Waals surface area contributed by atoms with E-state index in [1.807, 2.05) is 11.7 Å². The maximum Gasteiger partial charge on any atom is 0.0767 e. The van der Waals surface area contributed by atoms with Crippen LogP contribution in [0.25, 0.3) is 0 Å². The number of alkyl halides is 1. The predicted octanol–water partition coefficient (Wildman–Crippen LogP) is 3.44. The Morgan fingerprint density at radius 2 is 2.12 bits per heavy atom. The summed E-state index contributed by atoms with van der Waals surface area (Å²) in [5.74, 6) is 0. The average molecular weight is 414 g/mol. The van der Waals surface area contributed by atoms with Crippen molar-refractivity contribution in [2.75, 3.05) is 11.0 Å². The maximum atomic E-state index is 4.49. The van der Waals surface area contributed by atoms with Crippen LogP contribution in [0.4, 0.5) is 0 Å². The Morgan fingerprint density at radius 1 is 1.35 bits per heavy atom. The van der Waals surface area contributed by atoms with Crippen molar-refractivity contribution < 1.29 is 0 Å². The topological polar surface area (TPSA) is 29.9 Å². The van der Waals surface area contributed by atoms with Gasteiger partial charge in [0.2, 0.25) is 0 Å². The fraction of sp³-hybridized carbons (Fsp3) is 0.750. The molecule has 1 heterocycles. The first-order valence-electron chi connectivity index (χ1n) is 6.17. The van der Waals surface area contributed by atoms with E-state index in [1.54, 1.807) is 0 Å². The first kappa shape index (κ1) is 15.4. The molecule has 0 saturated carbocycles. The van der Waals surface area contributed by atoms with Gasteiger partial charge in [0, 0.05) is 13.6 Å². The van der Waals surface area contributed by atoms with E-state index in [0.29, 0.717) is 0 Å². The lowest BCUT2D eigenvalue weighted by Crippen LogP contribution is -2.17. The molecule has 0 aliphatic carbocycles. The number of nitrogens with zero attached hydrogens (tertiary/aromatic N) is 2. The van der Waals surface area contributed by atoms with Crippen LogP contribution in [-0.2, 0) is 20.0 Å². The molecule has 5 heteroatoms. The molecule has 3 nitrogen and oxygen atoms in total. The lowest BCUT2D eigenvalue weighted by molar-refractivity contribution is 0.588. The van der Waals surface area contributed by atoms with Gasteiger partial charge in [-0.3, -0.25) is 4.68 Å². The molecule has 0 saturated heterocycles. The minimum atomic E-state index is 0.897. The molecular formula is C12H21BrIN3. The minimum absolute atomic E-state index is 0.897. The van der Waals surface area contributed by atoms with Crippen LogP contribution in [-0.4, -0.2) is 20.8 Å². The third kappa shape index (κ3) is 4.87. The molecule has 1 N–H and O–H groups in total. The van der Waals surface area contributed by atoms with Crippen molar-refractivity contribution in [2.24, 2.45) is 7.05 Å². The smallest absolute Gasteiger partial charge is 0.0767 e. The van der Waals surface area contributed by atoms with Crippen LogP contribution < -0.4 is 5.32 Å². The van der Waals surface area contributed by atoms with E-state index in [9.17, 15) is 0 Å². The van der Waals surface area contributed by atoms with Crippen LogP contribution in [0, 0.1) is 0 Å². The van der Waals surface area contributed by atoms with E-state index in [4.69, 9.17) is 0 Å². The summed E-state index contributed by atoms with van der Waals surface area (Å²) in [6.45, 7) is 4.12. The number of unbranched alkanes of at least 4 members (excludes halogenated alkanes) is 2. The standard InChI is InChI=1S/C12H21BrIN3/c1-3-10-12(13)11(17(2)16-10)9-15-8-6-4-5-7-14/h15H,3-9H2,1-2H3. The molecule has 0 amide bonds. The maximum absolute atomic E-state index is 4.49. The molecule has 1 aromatic heterocycles. The van der Waals surface area contributed by atoms with Gasteiger partial charge in [0.25, 0.3) is 0 Å².